The summed E-state index contributed by atoms with van der Waals surface area (Å²) in [5.41, 5.74) is 8.94. The van der Waals surface area contributed by atoms with Gasteiger partial charge < -0.3 is 25.0 Å². The molecule has 2 heterocycles. The third kappa shape index (κ3) is 3.57. The number of anilines is 2. The normalized spacial score (nSPS) is 11.1. The standard InChI is InChI=1S/C19H25N5O2/c1-23(12-13-6-4-7-14(10-13)26-3)17-11-15-18(19(20)22-17)21-16(24(15)2)8-5-9-25/h4,6-7,10-11,25H,5,8-9,12H2,1-3H3,(H2,20,22). The van der Waals surface area contributed by atoms with Gasteiger partial charge >= 0.3 is 0 Å². The van der Waals surface area contributed by atoms with Crippen LogP contribution in [0.25, 0.3) is 11.0 Å². The lowest BCUT2D eigenvalue weighted by Crippen LogP contribution is -2.18. The summed E-state index contributed by atoms with van der Waals surface area (Å²) in [6.45, 7) is 0.829. The topological polar surface area (TPSA) is 89.4 Å². The van der Waals surface area contributed by atoms with E-state index in [1.165, 1.54) is 0 Å². The molecule has 0 aliphatic heterocycles. The highest BCUT2D eigenvalue weighted by atomic mass is 16.5. The van der Waals surface area contributed by atoms with Crippen molar-refractivity contribution in [1.82, 2.24) is 14.5 Å². The number of aliphatic hydroxyl groups excluding tert-OH is 1. The number of rotatable bonds is 7. The van der Waals surface area contributed by atoms with Crippen molar-refractivity contribution in [3.63, 3.8) is 0 Å². The van der Waals surface area contributed by atoms with E-state index in [0.29, 0.717) is 30.7 Å². The molecular weight excluding hydrogens is 330 g/mol. The maximum atomic E-state index is 9.05. The van der Waals surface area contributed by atoms with E-state index in [1.54, 1.807) is 7.11 Å². The Bertz CT molecular complexity index is 906. The Balaban J connectivity index is 1.90. The average molecular weight is 355 g/mol. The average Bonchev–Trinajstić information content (AvgIpc) is 2.96. The molecule has 1 aromatic carbocycles. The highest BCUT2D eigenvalue weighted by Gasteiger charge is 2.15. The first-order valence-corrected chi connectivity index (χ1v) is 8.60. The van der Waals surface area contributed by atoms with Gasteiger partial charge in [-0.25, -0.2) is 9.97 Å². The zero-order valence-electron chi connectivity index (χ0n) is 15.4. The molecule has 7 heteroatoms. The minimum absolute atomic E-state index is 0.144. The molecule has 26 heavy (non-hydrogen) atoms. The first kappa shape index (κ1) is 18.0. The number of ether oxygens (including phenoxy) is 1. The van der Waals surface area contributed by atoms with Crippen LogP contribution in [-0.2, 0) is 20.0 Å². The van der Waals surface area contributed by atoms with Gasteiger partial charge in [-0.3, -0.25) is 0 Å². The molecule has 138 valence electrons. The van der Waals surface area contributed by atoms with Gasteiger partial charge in [0.05, 0.1) is 12.6 Å². The van der Waals surface area contributed by atoms with Crippen LogP contribution in [0.3, 0.4) is 0 Å². The number of aryl methyl sites for hydroxylation is 2. The number of fused-ring (bicyclic) bond motifs is 1. The fraction of sp³-hybridized carbons (Fsp3) is 0.368. The van der Waals surface area contributed by atoms with Gasteiger partial charge in [0.2, 0.25) is 0 Å². The highest BCUT2D eigenvalue weighted by Crippen LogP contribution is 2.26. The quantitative estimate of drug-likeness (QED) is 0.675. The van der Waals surface area contributed by atoms with E-state index in [-0.39, 0.29) is 6.61 Å². The molecule has 0 atom stereocenters. The van der Waals surface area contributed by atoms with Crippen LogP contribution in [0.4, 0.5) is 11.6 Å². The molecule has 2 aromatic heterocycles. The van der Waals surface area contributed by atoms with E-state index >= 15 is 0 Å². The summed E-state index contributed by atoms with van der Waals surface area (Å²) in [5, 5.41) is 9.05. The molecule has 0 radical (unpaired) electrons. The number of nitrogens with zero attached hydrogens (tertiary/aromatic N) is 4. The van der Waals surface area contributed by atoms with E-state index in [9.17, 15) is 0 Å². The summed E-state index contributed by atoms with van der Waals surface area (Å²) < 4.78 is 7.31. The van der Waals surface area contributed by atoms with Crippen LogP contribution in [-0.4, -0.2) is 40.4 Å². The third-order valence-electron chi connectivity index (χ3n) is 4.48. The lowest BCUT2D eigenvalue weighted by atomic mass is 10.2. The predicted molar refractivity (Wildman–Crippen MR) is 103 cm³/mol. The molecule has 3 rings (SSSR count). The van der Waals surface area contributed by atoms with Gasteiger partial charge in [0, 0.05) is 39.7 Å². The van der Waals surface area contributed by atoms with E-state index in [2.05, 4.69) is 16.0 Å². The summed E-state index contributed by atoms with van der Waals surface area (Å²) in [6, 6.07) is 9.96. The molecule has 0 unspecified atom stereocenters. The maximum absolute atomic E-state index is 9.05. The summed E-state index contributed by atoms with van der Waals surface area (Å²) >= 11 is 0. The molecule has 0 saturated carbocycles. The van der Waals surface area contributed by atoms with Gasteiger partial charge in [-0.15, -0.1) is 0 Å². The maximum Gasteiger partial charge on any atom is 0.154 e. The second-order valence-corrected chi connectivity index (χ2v) is 6.36. The van der Waals surface area contributed by atoms with Gasteiger partial charge in [0.25, 0.3) is 0 Å². The Morgan fingerprint density at radius 1 is 1.27 bits per heavy atom. The van der Waals surface area contributed by atoms with E-state index in [4.69, 9.17) is 15.6 Å². The van der Waals surface area contributed by atoms with Gasteiger partial charge in [-0.1, -0.05) is 12.1 Å². The second-order valence-electron chi connectivity index (χ2n) is 6.36. The number of hydrogen-bond donors (Lipinski definition) is 2. The number of aromatic nitrogens is 3. The molecule has 7 nitrogen and oxygen atoms in total. The molecule has 0 bridgehead atoms. The summed E-state index contributed by atoms with van der Waals surface area (Å²) in [4.78, 5) is 11.2. The fourth-order valence-corrected chi connectivity index (χ4v) is 3.03. The highest BCUT2D eigenvalue weighted by molar-refractivity contribution is 5.88. The Hall–Kier alpha value is -2.80. The molecular formula is C19H25N5O2. The summed E-state index contributed by atoms with van der Waals surface area (Å²) in [6.07, 6.45) is 1.38. The van der Waals surface area contributed by atoms with Crippen LogP contribution in [0.2, 0.25) is 0 Å². The van der Waals surface area contributed by atoms with Crippen molar-refractivity contribution in [2.24, 2.45) is 7.05 Å². The van der Waals surface area contributed by atoms with E-state index in [1.807, 2.05) is 47.8 Å². The van der Waals surface area contributed by atoms with Gasteiger partial charge in [0.1, 0.15) is 22.9 Å². The lowest BCUT2D eigenvalue weighted by molar-refractivity contribution is 0.287. The van der Waals surface area contributed by atoms with Crippen molar-refractivity contribution in [2.75, 3.05) is 31.4 Å². The number of aliphatic hydroxyl groups is 1. The van der Waals surface area contributed by atoms with Crippen molar-refractivity contribution in [3.8, 4) is 5.75 Å². The van der Waals surface area contributed by atoms with Crippen molar-refractivity contribution in [3.05, 3.63) is 41.7 Å². The van der Waals surface area contributed by atoms with Crippen LogP contribution < -0.4 is 15.4 Å². The number of nitrogens with two attached hydrogens (primary N) is 1. The Labute approximate surface area is 153 Å². The first-order chi connectivity index (χ1) is 12.5. The molecule has 0 amide bonds. The zero-order chi connectivity index (χ0) is 18.7. The number of nitrogen functional groups attached to an aromatic ring is 1. The number of hydrogen-bond acceptors (Lipinski definition) is 6. The van der Waals surface area contributed by atoms with Gasteiger partial charge in [-0.2, -0.15) is 0 Å². The predicted octanol–water partition coefficient (Wildman–Crippen LogP) is 2.12. The molecule has 3 aromatic rings. The van der Waals surface area contributed by atoms with Crippen LogP contribution >= 0.6 is 0 Å². The SMILES string of the molecule is COc1cccc(CN(C)c2cc3c(nc(CCCO)n3C)c(N)n2)c1. The van der Waals surface area contributed by atoms with Crippen LogP contribution in [0, 0.1) is 0 Å². The van der Waals surface area contributed by atoms with E-state index in [0.717, 1.165) is 28.5 Å². The van der Waals surface area contributed by atoms with E-state index < -0.39 is 0 Å². The fourth-order valence-electron chi connectivity index (χ4n) is 3.03. The second kappa shape index (κ2) is 7.61. The molecule has 0 fully saturated rings. The summed E-state index contributed by atoms with van der Waals surface area (Å²) in [7, 11) is 5.61. The number of methoxy groups -OCH3 is 1. The minimum Gasteiger partial charge on any atom is -0.497 e. The minimum atomic E-state index is 0.144. The molecule has 3 N–H and O–H groups in total. The lowest BCUT2D eigenvalue weighted by Gasteiger charge is -2.19. The molecule has 0 saturated heterocycles. The van der Waals surface area contributed by atoms with Crippen molar-refractivity contribution >= 4 is 22.7 Å². The van der Waals surface area contributed by atoms with Crippen LogP contribution in [0.5, 0.6) is 5.75 Å². The zero-order valence-corrected chi connectivity index (χ0v) is 15.4. The largest absolute Gasteiger partial charge is 0.497 e. The van der Waals surface area contributed by atoms with Gasteiger partial charge in [0.15, 0.2) is 5.82 Å². The van der Waals surface area contributed by atoms with Gasteiger partial charge in [-0.05, 0) is 24.1 Å². The number of imidazole rings is 1. The molecule has 0 aliphatic carbocycles. The number of benzene rings is 1. The summed E-state index contributed by atoms with van der Waals surface area (Å²) in [5.74, 6) is 2.93. The van der Waals surface area contributed by atoms with Crippen molar-refractivity contribution in [2.45, 2.75) is 19.4 Å². The van der Waals surface area contributed by atoms with Crippen molar-refractivity contribution < 1.29 is 9.84 Å². The Morgan fingerprint density at radius 2 is 2.08 bits per heavy atom. The molecule has 0 aliphatic rings. The monoisotopic (exact) mass is 355 g/mol. The van der Waals surface area contributed by atoms with Crippen LogP contribution in [0.1, 0.15) is 17.8 Å². The first-order valence-electron chi connectivity index (χ1n) is 8.60. The third-order valence-corrected chi connectivity index (χ3v) is 4.48. The van der Waals surface area contributed by atoms with Crippen molar-refractivity contribution in [1.29, 1.82) is 0 Å². The smallest absolute Gasteiger partial charge is 0.154 e. The number of pyridine rings is 1. The van der Waals surface area contributed by atoms with Crippen LogP contribution in [0.15, 0.2) is 30.3 Å². The Morgan fingerprint density at radius 3 is 2.81 bits per heavy atom. The molecule has 0 spiro atoms. The Kier molecular flexibility index (Phi) is 5.27.